The van der Waals surface area contributed by atoms with Crippen molar-refractivity contribution in [1.82, 2.24) is 0 Å². The Morgan fingerprint density at radius 1 is 0.667 bits per heavy atom. The van der Waals surface area contributed by atoms with Gasteiger partial charge in [-0.25, -0.2) is 0 Å². The molecule has 0 atom stereocenters. The van der Waals surface area contributed by atoms with Crippen molar-refractivity contribution in [2.45, 2.75) is 13.1 Å². The molecule has 0 fully saturated rings. The highest BCUT2D eigenvalue weighted by atomic mass is 28.5. The molecule has 21 heavy (non-hydrogen) atoms. The zero-order valence-electron chi connectivity index (χ0n) is 13.0. The minimum absolute atomic E-state index is 0.992. The van der Waals surface area contributed by atoms with E-state index in [0.717, 1.165) is 5.19 Å². The van der Waals surface area contributed by atoms with E-state index in [9.17, 15) is 0 Å². The SMILES string of the molecule is CO[Si](OC)(O[Si](C)(C)c1ccccc1)c1ccccc1. The van der Waals surface area contributed by atoms with Gasteiger partial charge in [-0.1, -0.05) is 60.7 Å². The van der Waals surface area contributed by atoms with Gasteiger partial charge in [0, 0.05) is 19.4 Å². The van der Waals surface area contributed by atoms with Gasteiger partial charge in [-0.3, -0.25) is 0 Å². The molecule has 2 aromatic rings. The molecule has 3 nitrogen and oxygen atoms in total. The standard InChI is InChI=1S/C16H22O3Si2/c1-17-21(18-2,16-13-9-6-10-14-16)19-20(3,4)15-11-7-5-8-12-15/h5-14H,1-4H3. The van der Waals surface area contributed by atoms with Crippen LogP contribution in [0.2, 0.25) is 13.1 Å². The van der Waals surface area contributed by atoms with Crippen LogP contribution in [0.15, 0.2) is 60.7 Å². The molecule has 0 spiro atoms. The van der Waals surface area contributed by atoms with E-state index in [1.54, 1.807) is 14.2 Å². The highest BCUT2D eigenvalue weighted by Gasteiger charge is 2.47. The average molecular weight is 319 g/mol. The van der Waals surface area contributed by atoms with Gasteiger partial charge in [0.15, 0.2) is 0 Å². The summed E-state index contributed by atoms with van der Waals surface area (Å²) >= 11 is 0. The van der Waals surface area contributed by atoms with Gasteiger partial charge in [0.2, 0.25) is 8.32 Å². The van der Waals surface area contributed by atoms with Gasteiger partial charge in [-0.05, 0) is 18.3 Å². The summed E-state index contributed by atoms with van der Waals surface area (Å²) in [5.74, 6) is 0. The second-order valence-corrected chi connectivity index (χ2v) is 12.2. The van der Waals surface area contributed by atoms with Gasteiger partial charge >= 0.3 is 8.80 Å². The predicted molar refractivity (Wildman–Crippen MR) is 90.5 cm³/mol. The van der Waals surface area contributed by atoms with Crippen molar-refractivity contribution in [1.29, 1.82) is 0 Å². The summed E-state index contributed by atoms with van der Waals surface area (Å²) in [7, 11) is -1.67. The first-order valence-corrected chi connectivity index (χ1v) is 11.6. The molecule has 0 heterocycles. The summed E-state index contributed by atoms with van der Waals surface area (Å²) < 4.78 is 18.0. The van der Waals surface area contributed by atoms with Crippen molar-refractivity contribution in [2.75, 3.05) is 14.2 Å². The Labute approximate surface area is 129 Å². The minimum Gasteiger partial charge on any atom is -0.408 e. The van der Waals surface area contributed by atoms with Crippen LogP contribution in [0.3, 0.4) is 0 Å². The monoisotopic (exact) mass is 318 g/mol. The largest absolute Gasteiger partial charge is 0.526 e. The lowest BCUT2D eigenvalue weighted by Gasteiger charge is -2.35. The fraction of sp³-hybridized carbons (Fsp3) is 0.250. The predicted octanol–water partition coefficient (Wildman–Crippen LogP) is 2.25. The van der Waals surface area contributed by atoms with E-state index in [1.165, 1.54) is 5.19 Å². The molecule has 112 valence electrons. The fourth-order valence-corrected chi connectivity index (χ4v) is 8.87. The summed E-state index contributed by atoms with van der Waals surface area (Å²) in [6.45, 7) is 4.34. The molecule has 0 unspecified atom stereocenters. The van der Waals surface area contributed by atoms with E-state index >= 15 is 0 Å². The summed E-state index contributed by atoms with van der Waals surface area (Å²) in [4.78, 5) is 0. The molecule has 0 radical (unpaired) electrons. The zero-order chi connectivity index (χ0) is 15.3. The van der Waals surface area contributed by atoms with Gasteiger partial charge in [0.25, 0.3) is 0 Å². The summed E-state index contributed by atoms with van der Waals surface area (Å²) in [5.41, 5.74) is 0. The lowest BCUT2D eigenvalue weighted by atomic mass is 10.4. The molecule has 0 bridgehead atoms. The molecule has 0 amide bonds. The zero-order valence-corrected chi connectivity index (χ0v) is 15.0. The Hall–Kier alpha value is -1.25. The first kappa shape index (κ1) is 16.1. The van der Waals surface area contributed by atoms with Crippen molar-refractivity contribution in [2.24, 2.45) is 0 Å². The van der Waals surface area contributed by atoms with E-state index < -0.39 is 17.1 Å². The molecular formula is C16H22O3Si2. The van der Waals surface area contributed by atoms with Gasteiger partial charge in [-0.15, -0.1) is 0 Å². The lowest BCUT2D eigenvalue weighted by Crippen LogP contribution is -2.63. The van der Waals surface area contributed by atoms with E-state index in [-0.39, 0.29) is 0 Å². The molecule has 0 saturated carbocycles. The fourth-order valence-electron chi connectivity index (χ4n) is 2.34. The maximum absolute atomic E-state index is 6.53. The molecule has 0 saturated heterocycles. The van der Waals surface area contributed by atoms with Crippen molar-refractivity contribution in [3.8, 4) is 0 Å². The van der Waals surface area contributed by atoms with Crippen molar-refractivity contribution >= 4 is 27.5 Å². The first-order chi connectivity index (χ1) is 10.0. The molecule has 0 aliphatic carbocycles. The maximum Gasteiger partial charge on any atom is 0.526 e. The number of hydrogen-bond acceptors (Lipinski definition) is 3. The van der Waals surface area contributed by atoms with Gasteiger partial charge in [0.05, 0.1) is 0 Å². The number of hydrogen-bond donors (Lipinski definition) is 0. The Kier molecular flexibility index (Phi) is 5.13. The van der Waals surface area contributed by atoms with Crippen molar-refractivity contribution in [3.05, 3.63) is 60.7 Å². The average Bonchev–Trinajstić information content (AvgIpc) is 2.54. The summed E-state index contributed by atoms with van der Waals surface area (Å²) in [6.07, 6.45) is 0. The van der Waals surface area contributed by atoms with Crippen LogP contribution in [0.5, 0.6) is 0 Å². The normalized spacial score (nSPS) is 12.4. The van der Waals surface area contributed by atoms with E-state index in [4.69, 9.17) is 13.0 Å². The summed E-state index contributed by atoms with van der Waals surface area (Å²) in [6, 6.07) is 20.3. The highest BCUT2D eigenvalue weighted by Crippen LogP contribution is 2.16. The molecule has 0 aliphatic rings. The van der Waals surface area contributed by atoms with Crippen LogP contribution in [-0.2, 0) is 13.0 Å². The second-order valence-electron chi connectivity index (χ2n) is 5.31. The van der Waals surface area contributed by atoms with Crippen LogP contribution >= 0.6 is 0 Å². The second kappa shape index (κ2) is 6.68. The van der Waals surface area contributed by atoms with Gasteiger partial charge < -0.3 is 13.0 Å². The third-order valence-corrected chi connectivity index (χ3v) is 10.5. The van der Waals surface area contributed by atoms with Crippen LogP contribution in [-0.4, -0.2) is 31.3 Å². The van der Waals surface area contributed by atoms with Gasteiger partial charge in [-0.2, -0.15) is 0 Å². The molecule has 2 aromatic carbocycles. The third kappa shape index (κ3) is 3.50. The maximum atomic E-state index is 6.53. The Morgan fingerprint density at radius 2 is 1.10 bits per heavy atom. The van der Waals surface area contributed by atoms with Crippen molar-refractivity contribution < 1.29 is 13.0 Å². The van der Waals surface area contributed by atoms with Crippen LogP contribution < -0.4 is 10.4 Å². The molecule has 5 heteroatoms. The highest BCUT2D eigenvalue weighted by molar-refractivity contribution is 6.93. The minimum atomic E-state index is -2.88. The number of benzene rings is 2. The Morgan fingerprint density at radius 3 is 1.52 bits per heavy atom. The lowest BCUT2D eigenvalue weighted by molar-refractivity contribution is 0.176. The van der Waals surface area contributed by atoms with E-state index in [2.05, 4.69) is 25.2 Å². The molecule has 0 aliphatic heterocycles. The molecule has 0 N–H and O–H groups in total. The smallest absolute Gasteiger partial charge is 0.408 e. The van der Waals surface area contributed by atoms with Crippen molar-refractivity contribution in [3.63, 3.8) is 0 Å². The molecule has 0 aromatic heterocycles. The first-order valence-electron chi connectivity index (χ1n) is 6.95. The summed E-state index contributed by atoms with van der Waals surface area (Å²) in [5, 5.41) is 2.22. The van der Waals surface area contributed by atoms with Crippen LogP contribution in [0.4, 0.5) is 0 Å². The quantitative estimate of drug-likeness (QED) is 0.765. The van der Waals surface area contributed by atoms with Crippen LogP contribution in [0.25, 0.3) is 0 Å². The topological polar surface area (TPSA) is 27.7 Å². The van der Waals surface area contributed by atoms with Crippen LogP contribution in [0, 0.1) is 0 Å². The molecular weight excluding hydrogens is 296 g/mol. The van der Waals surface area contributed by atoms with Gasteiger partial charge in [0.1, 0.15) is 0 Å². The Bertz CT molecular complexity index is 554. The third-order valence-electron chi connectivity index (χ3n) is 3.52. The Balaban J connectivity index is 2.36. The number of rotatable bonds is 6. The molecule has 2 rings (SSSR count). The van der Waals surface area contributed by atoms with E-state index in [1.807, 2.05) is 48.5 Å². The van der Waals surface area contributed by atoms with Crippen LogP contribution in [0.1, 0.15) is 0 Å². The van der Waals surface area contributed by atoms with E-state index in [0.29, 0.717) is 0 Å².